The first-order valence-corrected chi connectivity index (χ1v) is 6.06. The molecule has 0 spiro atoms. The fraction of sp³-hybridized carbons (Fsp3) is 0.917. The van der Waals surface area contributed by atoms with E-state index in [0.29, 0.717) is 5.92 Å². The molecule has 3 N–H and O–H groups in total. The SMILES string of the molecule is CCC(N)C1(CC(=O)O)CC2CCC1C2. The molecule has 0 aromatic heterocycles. The van der Waals surface area contributed by atoms with E-state index in [1.165, 1.54) is 19.3 Å². The summed E-state index contributed by atoms with van der Waals surface area (Å²) < 4.78 is 0. The predicted octanol–water partition coefficient (Wildman–Crippen LogP) is 2.00. The minimum Gasteiger partial charge on any atom is -0.481 e. The van der Waals surface area contributed by atoms with Crippen molar-refractivity contribution in [2.45, 2.75) is 51.5 Å². The van der Waals surface area contributed by atoms with Gasteiger partial charge in [-0.2, -0.15) is 0 Å². The Morgan fingerprint density at radius 3 is 2.73 bits per heavy atom. The van der Waals surface area contributed by atoms with E-state index in [9.17, 15) is 4.79 Å². The number of aliphatic carboxylic acids is 1. The molecule has 4 atom stereocenters. The van der Waals surface area contributed by atoms with Crippen molar-refractivity contribution in [2.75, 3.05) is 0 Å². The molecule has 0 saturated heterocycles. The Labute approximate surface area is 91.0 Å². The van der Waals surface area contributed by atoms with Crippen LogP contribution in [0, 0.1) is 17.3 Å². The Morgan fingerprint density at radius 1 is 1.60 bits per heavy atom. The highest BCUT2D eigenvalue weighted by Gasteiger charge is 2.54. The van der Waals surface area contributed by atoms with Crippen molar-refractivity contribution in [2.24, 2.45) is 23.0 Å². The molecule has 2 saturated carbocycles. The maximum atomic E-state index is 11.0. The topological polar surface area (TPSA) is 63.3 Å². The first-order chi connectivity index (χ1) is 7.08. The van der Waals surface area contributed by atoms with Crippen LogP contribution in [0.4, 0.5) is 0 Å². The Bertz CT molecular complexity index is 266. The Hall–Kier alpha value is -0.570. The van der Waals surface area contributed by atoms with E-state index in [0.717, 1.165) is 18.8 Å². The molecule has 0 amide bonds. The van der Waals surface area contributed by atoms with E-state index in [4.69, 9.17) is 10.8 Å². The summed E-state index contributed by atoms with van der Waals surface area (Å²) in [7, 11) is 0. The van der Waals surface area contributed by atoms with E-state index in [2.05, 4.69) is 6.92 Å². The van der Waals surface area contributed by atoms with Crippen molar-refractivity contribution in [3.05, 3.63) is 0 Å². The molecule has 3 nitrogen and oxygen atoms in total. The lowest BCUT2D eigenvalue weighted by Crippen LogP contribution is -2.46. The van der Waals surface area contributed by atoms with Gasteiger partial charge in [-0.3, -0.25) is 4.79 Å². The summed E-state index contributed by atoms with van der Waals surface area (Å²) in [5.74, 6) is 0.659. The van der Waals surface area contributed by atoms with Gasteiger partial charge >= 0.3 is 5.97 Å². The normalized spacial score (nSPS) is 40.7. The van der Waals surface area contributed by atoms with E-state index < -0.39 is 5.97 Å². The summed E-state index contributed by atoms with van der Waals surface area (Å²) in [5.41, 5.74) is 6.10. The lowest BCUT2D eigenvalue weighted by molar-refractivity contribution is -0.141. The van der Waals surface area contributed by atoms with Crippen LogP contribution in [0.15, 0.2) is 0 Å². The van der Waals surface area contributed by atoms with Crippen molar-refractivity contribution < 1.29 is 9.90 Å². The highest BCUT2D eigenvalue weighted by Crippen LogP contribution is 2.59. The third-order valence-electron chi connectivity index (χ3n) is 4.68. The molecular formula is C12H21NO2. The summed E-state index contributed by atoms with van der Waals surface area (Å²) in [6.45, 7) is 2.07. The highest BCUT2D eigenvalue weighted by molar-refractivity contribution is 5.68. The zero-order valence-electron chi connectivity index (χ0n) is 9.41. The predicted molar refractivity (Wildman–Crippen MR) is 58.4 cm³/mol. The van der Waals surface area contributed by atoms with Crippen molar-refractivity contribution in [3.63, 3.8) is 0 Å². The Balaban J connectivity index is 2.20. The van der Waals surface area contributed by atoms with Gasteiger partial charge in [0.1, 0.15) is 0 Å². The van der Waals surface area contributed by atoms with E-state index in [1.807, 2.05) is 0 Å². The average Bonchev–Trinajstić information content (AvgIpc) is 2.75. The van der Waals surface area contributed by atoms with Crippen LogP contribution in [0.2, 0.25) is 0 Å². The molecule has 2 aliphatic rings. The first kappa shape index (κ1) is 10.9. The molecule has 3 heteroatoms. The lowest BCUT2D eigenvalue weighted by atomic mass is 9.65. The highest BCUT2D eigenvalue weighted by atomic mass is 16.4. The molecule has 2 aliphatic carbocycles. The van der Waals surface area contributed by atoms with Gasteiger partial charge in [-0.25, -0.2) is 0 Å². The van der Waals surface area contributed by atoms with Crippen LogP contribution in [0.1, 0.15) is 45.4 Å². The monoisotopic (exact) mass is 211 g/mol. The van der Waals surface area contributed by atoms with Gasteiger partial charge < -0.3 is 10.8 Å². The smallest absolute Gasteiger partial charge is 0.303 e. The number of carboxylic acids is 1. The number of fused-ring (bicyclic) bond motifs is 2. The first-order valence-electron chi connectivity index (χ1n) is 6.06. The molecule has 0 heterocycles. The van der Waals surface area contributed by atoms with Gasteiger partial charge in [-0.05, 0) is 42.9 Å². The molecule has 0 aromatic carbocycles. The largest absolute Gasteiger partial charge is 0.481 e. The second-order valence-electron chi connectivity index (χ2n) is 5.40. The molecule has 2 fully saturated rings. The number of carbonyl (C=O) groups is 1. The maximum Gasteiger partial charge on any atom is 0.303 e. The maximum absolute atomic E-state index is 11.0. The van der Waals surface area contributed by atoms with Crippen LogP contribution in [0.3, 0.4) is 0 Å². The molecule has 15 heavy (non-hydrogen) atoms. The number of rotatable bonds is 4. The van der Waals surface area contributed by atoms with Crippen LogP contribution in [-0.2, 0) is 4.79 Å². The van der Waals surface area contributed by atoms with Gasteiger partial charge in [-0.1, -0.05) is 13.3 Å². The second-order valence-corrected chi connectivity index (χ2v) is 5.40. The van der Waals surface area contributed by atoms with Crippen molar-refractivity contribution in [1.29, 1.82) is 0 Å². The van der Waals surface area contributed by atoms with Crippen LogP contribution in [-0.4, -0.2) is 17.1 Å². The summed E-state index contributed by atoms with van der Waals surface area (Å²) in [6, 6.07) is 0.0731. The Kier molecular flexibility index (Phi) is 2.75. The minimum absolute atomic E-state index is 0.0731. The third kappa shape index (κ3) is 1.67. The molecule has 0 aromatic rings. The van der Waals surface area contributed by atoms with Crippen molar-refractivity contribution >= 4 is 5.97 Å². The zero-order chi connectivity index (χ0) is 11.1. The van der Waals surface area contributed by atoms with Crippen LogP contribution < -0.4 is 5.73 Å². The summed E-state index contributed by atoms with van der Waals surface area (Å²) in [4.78, 5) is 11.0. The van der Waals surface area contributed by atoms with E-state index in [1.54, 1.807) is 0 Å². The number of nitrogens with two attached hydrogens (primary N) is 1. The van der Waals surface area contributed by atoms with Gasteiger partial charge in [0, 0.05) is 6.04 Å². The second kappa shape index (κ2) is 3.78. The lowest BCUT2D eigenvalue weighted by Gasteiger charge is -2.41. The van der Waals surface area contributed by atoms with Gasteiger partial charge in [0.15, 0.2) is 0 Å². The van der Waals surface area contributed by atoms with Crippen LogP contribution in [0.25, 0.3) is 0 Å². The standard InChI is InChI=1S/C12H21NO2/c1-2-10(13)12(7-11(14)15)6-8-3-4-9(12)5-8/h8-10H,2-7,13H2,1H3,(H,14,15). The fourth-order valence-corrected chi connectivity index (χ4v) is 3.98. The number of carboxylic acid groups (broad SMARTS) is 1. The average molecular weight is 211 g/mol. The molecule has 0 radical (unpaired) electrons. The third-order valence-corrected chi connectivity index (χ3v) is 4.68. The molecule has 0 aliphatic heterocycles. The minimum atomic E-state index is -0.675. The summed E-state index contributed by atoms with van der Waals surface area (Å²) in [5, 5.41) is 9.06. The van der Waals surface area contributed by atoms with Crippen molar-refractivity contribution in [3.8, 4) is 0 Å². The fourth-order valence-electron chi connectivity index (χ4n) is 3.98. The summed E-state index contributed by atoms with van der Waals surface area (Å²) >= 11 is 0. The van der Waals surface area contributed by atoms with Gasteiger partial charge in [0.25, 0.3) is 0 Å². The molecule has 2 rings (SSSR count). The molecule has 2 bridgehead atoms. The van der Waals surface area contributed by atoms with Crippen molar-refractivity contribution in [1.82, 2.24) is 0 Å². The van der Waals surface area contributed by atoms with Gasteiger partial charge in [0.2, 0.25) is 0 Å². The van der Waals surface area contributed by atoms with Crippen LogP contribution in [0.5, 0.6) is 0 Å². The summed E-state index contributed by atoms with van der Waals surface area (Å²) in [6.07, 6.45) is 5.95. The molecule has 86 valence electrons. The quantitative estimate of drug-likeness (QED) is 0.747. The van der Waals surface area contributed by atoms with E-state index >= 15 is 0 Å². The Morgan fingerprint density at radius 2 is 2.33 bits per heavy atom. The van der Waals surface area contributed by atoms with Gasteiger partial charge in [0.05, 0.1) is 6.42 Å². The number of hydrogen-bond donors (Lipinski definition) is 2. The zero-order valence-corrected chi connectivity index (χ0v) is 9.41. The van der Waals surface area contributed by atoms with E-state index in [-0.39, 0.29) is 17.9 Å². The van der Waals surface area contributed by atoms with Crippen LogP contribution >= 0.6 is 0 Å². The molecular weight excluding hydrogens is 190 g/mol. The number of hydrogen-bond acceptors (Lipinski definition) is 2. The van der Waals surface area contributed by atoms with Gasteiger partial charge in [-0.15, -0.1) is 0 Å². The molecule has 4 unspecified atom stereocenters.